The minimum Gasteiger partial charge on any atom is -0.389 e. The summed E-state index contributed by atoms with van der Waals surface area (Å²) in [5.41, 5.74) is 10.5. The molecule has 0 amide bonds. The van der Waals surface area contributed by atoms with Gasteiger partial charge in [-0.15, -0.1) is 23.1 Å². The third kappa shape index (κ3) is 2.60. The number of hydrogen-bond acceptors (Lipinski definition) is 4. The Balaban J connectivity index is 1.84. The van der Waals surface area contributed by atoms with E-state index >= 15 is 0 Å². The lowest BCUT2D eigenvalue weighted by molar-refractivity contribution is 0.886. The summed E-state index contributed by atoms with van der Waals surface area (Å²) in [6.07, 6.45) is 0.865. The van der Waals surface area contributed by atoms with Gasteiger partial charge in [-0.25, -0.2) is 0 Å². The van der Waals surface area contributed by atoms with Crippen LogP contribution < -0.4 is 5.73 Å². The molecule has 2 heterocycles. The number of hydrogen-bond donors (Lipinski definition) is 1. The van der Waals surface area contributed by atoms with Crippen molar-refractivity contribution in [2.75, 3.05) is 5.73 Å². The van der Waals surface area contributed by atoms with E-state index in [1.807, 2.05) is 23.9 Å². The Kier molecular flexibility index (Phi) is 4.05. The van der Waals surface area contributed by atoms with E-state index in [4.69, 9.17) is 5.73 Å². The zero-order valence-corrected chi connectivity index (χ0v) is 14.6. The molecule has 0 aliphatic carbocycles. The molecule has 0 spiro atoms. The van der Waals surface area contributed by atoms with Crippen LogP contribution in [0.3, 0.4) is 0 Å². The number of benzene rings is 2. The summed E-state index contributed by atoms with van der Waals surface area (Å²) in [6, 6.07) is 23.4. The van der Waals surface area contributed by atoms with Crippen LogP contribution in [0.4, 0.5) is 5.00 Å². The third-order valence-corrected chi connectivity index (χ3v) is 7.20. The van der Waals surface area contributed by atoms with Crippen molar-refractivity contribution in [2.24, 2.45) is 0 Å². The van der Waals surface area contributed by atoms with Gasteiger partial charge < -0.3 is 5.73 Å². The molecule has 2 N–H and O–H groups in total. The molecule has 2 atom stereocenters. The number of fused-ring (bicyclic) bond motifs is 1. The number of anilines is 1. The fourth-order valence-electron chi connectivity index (χ4n) is 3.22. The van der Waals surface area contributed by atoms with Crippen molar-refractivity contribution in [3.63, 3.8) is 0 Å². The number of nitrogen functional groups attached to an aromatic ring is 1. The van der Waals surface area contributed by atoms with Gasteiger partial charge in [-0.2, -0.15) is 5.26 Å². The molecule has 2 aromatic carbocycles. The zero-order valence-electron chi connectivity index (χ0n) is 13.0. The first kappa shape index (κ1) is 15.3. The van der Waals surface area contributed by atoms with Gasteiger partial charge in [0.1, 0.15) is 11.1 Å². The van der Waals surface area contributed by atoms with Crippen LogP contribution in [0, 0.1) is 11.3 Å². The summed E-state index contributed by atoms with van der Waals surface area (Å²) >= 11 is 3.53. The minimum atomic E-state index is 0.231. The van der Waals surface area contributed by atoms with Crippen LogP contribution in [0.25, 0.3) is 0 Å². The molecule has 0 fully saturated rings. The van der Waals surface area contributed by atoms with E-state index < -0.39 is 0 Å². The van der Waals surface area contributed by atoms with Crippen molar-refractivity contribution in [1.29, 1.82) is 5.26 Å². The van der Waals surface area contributed by atoms with Crippen molar-refractivity contribution in [3.05, 3.63) is 87.8 Å². The molecule has 4 rings (SSSR count). The highest BCUT2D eigenvalue weighted by atomic mass is 32.2. The first-order valence-corrected chi connectivity index (χ1v) is 9.60. The van der Waals surface area contributed by atoms with Gasteiger partial charge in [-0.1, -0.05) is 60.7 Å². The molecule has 0 saturated carbocycles. The van der Waals surface area contributed by atoms with Gasteiger partial charge in [0.15, 0.2) is 0 Å². The lowest BCUT2D eigenvalue weighted by atomic mass is 9.97. The molecule has 1 aliphatic heterocycles. The van der Waals surface area contributed by atoms with Gasteiger partial charge in [0.2, 0.25) is 0 Å². The Labute approximate surface area is 149 Å². The van der Waals surface area contributed by atoms with Gasteiger partial charge in [0.25, 0.3) is 0 Å². The molecule has 24 heavy (non-hydrogen) atoms. The van der Waals surface area contributed by atoms with E-state index in [2.05, 4.69) is 54.6 Å². The molecule has 0 radical (unpaired) electrons. The summed E-state index contributed by atoms with van der Waals surface area (Å²) in [7, 11) is 0. The molecule has 3 aromatic rings. The Morgan fingerprint density at radius 1 is 0.958 bits per heavy atom. The van der Waals surface area contributed by atoms with Crippen molar-refractivity contribution >= 4 is 28.1 Å². The van der Waals surface area contributed by atoms with Crippen LogP contribution in [-0.2, 0) is 6.42 Å². The minimum absolute atomic E-state index is 0.231. The highest BCUT2D eigenvalue weighted by Crippen LogP contribution is 2.55. The maximum absolute atomic E-state index is 9.55. The lowest BCUT2D eigenvalue weighted by Crippen LogP contribution is -2.12. The van der Waals surface area contributed by atoms with Crippen molar-refractivity contribution < 1.29 is 0 Å². The number of thiophene rings is 1. The predicted molar refractivity (Wildman–Crippen MR) is 102 cm³/mol. The van der Waals surface area contributed by atoms with Crippen molar-refractivity contribution in [1.82, 2.24) is 0 Å². The van der Waals surface area contributed by atoms with Gasteiger partial charge in [-0.05, 0) is 23.1 Å². The number of nitriles is 1. The molecule has 118 valence electrons. The molecule has 0 saturated heterocycles. The van der Waals surface area contributed by atoms with E-state index in [0.29, 0.717) is 15.8 Å². The summed E-state index contributed by atoms with van der Waals surface area (Å²) in [5.74, 6) is 0. The molecule has 4 heteroatoms. The maximum atomic E-state index is 9.55. The molecular formula is C20H16N2S2. The first-order chi connectivity index (χ1) is 11.8. The molecule has 0 unspecified atom stereocenters. The van der Waals surface area contributed by atoms with Crippen molar-refractivity contribution in [2.45, 2.75) is 16.9 Å². The van der Waals surface area contributed by atoms with Gasteiger partial charge in [0, 0.05) is 10.1 Å². The summed E-state index contributed by atoms with van der Waals surface area (Å²) in [4.78, 5) is 1.24. The van der Waals surface area contributed by atoms with E-state index in [1.165, 1.54) is 16.0 Å². The molecule has 1 aromatic heterocycles. The second-order valence-electron chi connectivity index (χ2n) is 5.83. The maximum Gasteiger partial charge on any atom is 0.104 e. The number of rotatable bonds is 2. The smallest absolute Gasteiger partial charge is 0.104 e. The van der Waals surface area contributed by atoms with Gasteiger partial charge in [-0.3, -0.25) is 0 Å². The topological polar surface area (TPSA) is 49.8 Å². The van der Waals surface area contributed by atoms with Crippen LogP contribution >= 0.6 is 23.1 Å². The standard InChI is InChI=1S/C20H16N2S2/c21-12-16-15-11-17(13-7-3-1-4-8-13)23-18(19(15)24-20(16)22)14-9-5-2-6-10-14/h1-10,17-18H,11,22H2/t17-,18-/m1/s1. The van der Waals surface area contributed by atoms with Crippen LogP contribution in [0.1, 0.15) is 37.6 Å². The monoisotopic (exact) mass is 348 g/mol. The highest BCUT2D eigenvalue weighted by molar-refractivity contribution is 8.00. The van der Waals surface area contributed by atoms with Crippen LogP contribution in [-0.4, -0.2) is 0 Å². The van der Waals surface area contributed by atoms with Gasteiger partial charge >= 0.3 is 0 Å². The second kappa shape index (κ2) is 6.35. The number of nitrogens with two attached hydrogens (primary N) is 1. The van der Waals surface area contributed by atoms with Crippen LogP contribution in [0.2, 0.25) is 0 Å². The van der Waals surface area contributed by atoms with E-state index in [1.54, 1.807) is 11.3 Å². The highest BCUT2D eigenvalue weighted by Gasteiger charge is 2.34. The van der Waals surface area contributed by atoms with Crippen LogP contribution in [0.5, 0.6) is 0 Å². The average Bonchev–Trinajstić information content (AvgIpc) is 2.97. The zero-order chi connectivity index (χ0) is 16.5. The normalized spacial score (nSPS) is 19.5. The fraction of sp³-hybridized carbons (Fsp3) is 0.150. The number of nitrogens with zero attached hydrogens (tertiary/aromatic N) is 1. The lowest BCUT2D eigenvalue weighted by Gasteiger charge is -2.29. The van der Waals surface area contributed by atoms with Crippen molar-refractivity contribution in [3.8, 4) is 6.07 Å². The van der Waals surface area contributed by atoms with Gasteiger partial charge in [0.05, 0.1) is 10.8 Å². The Hall–Kier alpha value is -2.22. The molecule has 1 aliphatic rings. The molecule has 0 bridgehead atoms. The average molecular weight is 348 g/mol. The summed E-state index contributed by atoms with van der Waals surface area (Å²) in [5, 5.41) is 10.8. The molecule has 2 nitrogen and oxygen atoms in total. The Morgan fingerprint density at radius 3 is 2.21 bits per heavy atom. The van der Waals surface area contributed by atoms with E-state index in [9.17, 15) is 5.26 Å². The van der Waals surface area contributed by atoms with E-state index in [0.717, 1.165) is 12.0 Å². The largest absolute Gasteiger partial charge is 0.389 e. The third-order valence-electron chi connectivity index (χ3n) is 4.38. The first-order valence-electron chi connectivity index (χ1n) is 7.84. The summed E-state index contributed by atoms with van der Waals surface area (Å²) < 4.78 is 0. The quantitative estimate of drug-likeness (QED) is 0.681. The Morgan fingerprint density at radius 2 is 1.58 bits per heavy atom. The SMILES string of the molecule is N#Cc1c(N)sc2c1C[C@H](c1ccccc1)S[C@@H]2c1ccccc1. The second-order valence-corrected chi connectivity index (χ2v) is 8.22. The van der Waals surface area contributed by atoms with Crippen LogP contribution in [0.15, 0.2) is 60.7 Å². The predicted octanol–water partition coefficient (Wildman–Crippen LogP) is 5.32. The number of thioether (sulfide) groups is 1. The summed E-state index contributed by atoms with van der Waals surface area (Å²) in [6.45, 7) is 0. The fourth-order valence-corrected chi connectivity index (χ4v) is 6.08. The Bertz CT molecular complexity index is 895. The molecular weight excluding hydrogens is 332 g/mol. The van der Waals surface area contributed by atoms with E-state index in [-0.39, 0.29) is 5.25 Å².